The van der Waals surface area contributed by atoms with Crippen molar-refractivity contribution in [1.29, 1.82) is 0 Å². The summed E-state index contributed by atoms with van der Waals surface area (Å²) in [6.07, 6.45) is 5.83. The lowest BCUT2D eigenvalue weighted by Gasteiger charge is -2.12. The summed E-state index contributed by atoms with van der Waals surface area (Å²) in [5.74, 6) is 1.50. The van der Waals surface area contributed by atoms with Gasteiger partial charge in [0, 0.05) is 42.5 Å². The van der Waals surface area contributed by atoms with Crippen LogP contribution in [0.1, 0.15) is 23.9 Å². The number of rotatable bonds is 6. The van der Waals surface area contributed by atoms with E-state index in [4.69, 9.17) is 9.47 Å². The van der Waals surface area contributed by atoms with Gasteiger partial charge in [0.2, 0.25) is 5.88 Å². The maximum Gasteiger partial charge on any atom is 0.286 e. The molecule has 0 bridgehead atoms. The van der Waals surface area contributed by atoms with E-state index in [0.717, 1.165) is 17.9 Å². The number of pyridine rings is 2. The zero-order valence-electron chi connectivity index (χ0n) is 16.4. The first-order valence-electron chi connectivity index (χ1n) is 9.29. The molecule has 1 aliphatic rings. The third kappa shape index (κ3) is 3.96. The maximum atomic E-state index is 13.9. The summed E-state index contributed by atoms with van der Waals surface area (Å²) in [5.41, 5.74) is 1.37. The molecule has 2 atom stereocenters. The summed E-state index contributed by atoms with van der Waals surface area (Å²) >= 11 is 0. The molecule has 0 spiro atoms. The third-order valence-corrected chi connectivity index (χ3v) is 5.06. The third-order valence-electron chi connectivity index (χ3n) is 5.06. The first-order chi connectivity index (χ1) is 14.0. The Labute approximate surface area is 167 Å². The Hall–Kier alpha value is -3.29. The molecule has 4 rings (SSSR count). The molecular weight excluding hydrogens is 375 g/mol. The predicted octanol–water partition coefficient (Wildman–Crippen LogP) is 2.88. The number of hydrogen-bond acceptors (Lipinski definition) is 6. The summed E-state index contributed by atoms with van der Waals surface area (Å²) in [7, 11) is 3.11. The average Bonchev–Trinajstić information content (AvgIpc) is 3.50. The molecule has 7 nitrogen and oxygen atoms in total. The molecular formula is C21H21FN4O3. The van der Waals surface area contributed by atoms with Crippen molar-refractivity contribution in [3.05, 3.63) is 64.5 Å². The fourth-order valence-electron chi connectivity index (χ4n) is 3.29. The fraction of sp³-hybridized carbons (Fsp3) is 0.333. The lowest BCUT2D eigenvalue weighted by molar-refractivity contribution is 0.285. The van der Waals surface area contributed by atoms with Crippen molar-refractivity contribution < 1.29 is 13.9 Å². The minimum atomic E-state index is -0.829. The first-order valence-corrected chi connectivity index (χ1v) is 9.29. The Balaban J connectivity index is 1.51. The first kappa shape index (κ1) is 19.0. The van der Waals surface area contributed by atoms with Crippen LogP contribution in [0.25, 0.3) is 11.1 Å². The highest BCUT2D eigenvalue weighted by molar-refractivity contribution is 5.66. The highest BCUT2D eigenvalue weighted by Gasteiger charge is 2.40. The van der Waals surface area contributed by atoms with E-state index in [1.165, 1.54) is 17.7 Å². The van der Waals surface area contributed by atoms with Crippen molar-refractivity contribution in [2.45, 2.75) is 19.3 Å². The van der Waals surface area contributed by atoms with Crippen LogP contribution in [-0.2, 0) is 7.05 Å². The molecule has 0 aromatic carbocycles. The predicted molar refractivity (Wildman–Crippen MR) is 105 cm³/mol. The SMILES string of the molecule is COc1ccc([C@H]2CC2COc2nc(C)ncc2-c2cc(F)c(=O)n(C)c2)nc1. The highest BCUT2D eigenvalue weighted by Crippen LogP contribution is 2.47. The quantitative estimate of drug-likeness (QED) is 0.638. The summed E-state index contributed by atoms with van der Waals surface area (Å²) < 4.78 is 26.3. The molecule has 0 N–H and O–H groups in total. The largest absolute Gasteiger partial charge is 0.495 e. The van der Waals surface area contributed by atoms with E-state index in [1.807, 2.05) is 12.1 Å². The van der Waals surface area contributed by atoms with Crippen LogP contribution in [0, 0.1) is 18.7 Å². The molecule has 3 aromatic rings. The Morgan fingerprint density at radius 3 is 2.79 bits per heavy atom. The van der Waals surface area contributed by atoms with E-state index in [9.17, 15) is 9.18 Å². The van der Waals surface area contributed by atoms with Crippen molar-refractivity contribution >= 4 is 0 Å². The van der Waals surface area contributed by atoms with E-state index in [0.29, 0.717) is 41.3 Å². The van der Waals surface area contributed by atoms with Gasteiger partial charge in [-0.2, -0.15) is 4.98 Å². The van der Waals surface area contributed by atoms with Crippen LogP contribution in [0.2, 0.25) is 0 Å². The summed E-state index contributed by atoms with van der Waals surface area (Å²) in [5, 5.41) is 0. The number of halogens is 1. The standard InChI is InChI=1S/C21H21FN4O3/c1-12-23-9-17(13-7-18(22)21(27)26(2)10-13)20(25-12)29-11-14-6-16(14)19-5-4-15(28-3)8-24-19/h4-5,7-10,14,16H,6,11H2,1-3H3/t14?,16-/m0/s1. The smallest absolute Gasteiger partial charge is 0.286 e. The van der Waals surface area contributed by atoms with E-state index in [2.05, 4.69) is 15.0 Å². The van der Waals surface area contributed by atoms with Crippen molar-refractivity contribution in [3.8, 4) is 22.8 Å². The van der Waals surface area contributed by atoms with Gasteiger partial charge in [-0.3, -0.25) is 9.78 Å². The van der Waals surface area contributed by atoms with Gasteiger partial charge in [-0.25, -0.2) is 9.37 Å². The van der Waals surface area contributed by atoms with Gasteiger partial charge < -0.3 is 14.0 Å². The number of aromatic nitrogens is 4. The second-order valence-corrected chi connectivity index (χ2v) is 7.16. The van der Waals surface area contributed by atoms with E-state index >= 15 is 0 Å². The van der Waals surface area contributed by atoms with Gasteiger partial charge >= 0.3 is 0 Å². The van der Waals surface area contributed by atoms with Gasteiger partial charge in [-0.05, 0) is 31.5 Å². The zero-order valence-corrected chi connectivity index (χ0v) is 16.4. The van der Waals surface area contributed by atoms with E-state index in [1.54, 1.807) is 32.6 Å². The normalized spacial score (nSPS) is 17.8. The van der Waals surface area contributed by atoms with Crippen LogP contribution in [0.3, 0.4) is 0 Å². The lowest BCUT2D eigenvalue weighted by atomic mass is 10.1. The zero-order chi connectivity index (χ0) is 20.5. The molecule has 0 amide bonds. The molecule has 8 heteroatoms. The van der Waals surface area contributed by atoms with Gasteiger partial charge in [0.25, 0.3) is 5.56 Å². The summed E-state index contributed by atoms with van der Waals surface area (Å²) in [6.45, 7) is 2.23. The van der Waals surface area contributed by atoms with Crippen molar-refractivity contribution in [1.82, 2.24) is 19.5 Å². The van der Waals surface area contributed by atoms with Crippen LogP contribution in [0.5, 0.6) is 11.6 Å². The fourth-order valence-corrected chi connectivity index (χ4v) is 3.29. The van der Waals surface area contributed by atoms with Crippen molar-refractivity contribution in [2.24, 2.45) is 13.0 Å². The number of nitrogens with zero attached hydrogens (tertiary/aromatic N) is 4. The Morgan fingerprint density at radius 2 is 2.10 bits per heavy atom. The highest BCUT2D eigenvalue weighted by atomic mass is 19.1. The van der Waals surface area contributed by atoms with Gasteiger partial charge in [0.05, 0.1) is 25.5 Å². The number of methoxy groups -OCH3 is 1. The van der Waals surface area contributed by atoms with E-state index in [-0.39, 0.29) is 0 Å². The Morgan fingerprint density at radius 1 is 1.28 bits per heavy atom. The van der Waals surface area contributed by atoms with Crippen molar-refractivity contribution in [2.75, 3.05) is 13.7 Å². The van der Waals surface area contributed by atoms with Crippen LogP contribution in [-0.4, -0.2) is 33.2 Å². The molecule has 0 aliphatic heterocycles. The molecule has 1 fully saturated rings. The topological polar surface area (TPSA) is 79.1 Å². The molecule has 150 valence electrons. The monoisotopic (exact) mass is 396 g/mol. The molecule has 0 radical (unpaired) electrons. The van der Waals surface area contributed by atoms with Gasteiger partial charge in [0.1, 0.15) is 11.6 Å². The van der Waals surface area contributed by atoms with Crippen LogP contribution in [0.15, 0.2) is 41.6 Å². The second-order valence-electron chi connectivity index (χ2n) is 7.16. The molecule has 1 unspecified atom stereocenters. The molecule has 3 aromatic heterocycles. The molecule has 29 heavy (non-hydrogen) atoms. The lowest BCUT2D eigenvalue weighted by Crippen LogP contribution is -2.19. The number of ether oxygens (including phenoxy) is 2. The minimum absolute atomic E-state index is 0.330. The second kappa shape index (κ2) is 7.62. The van der Waals surface area contributed by atoms with Crippen LogP contribution < -0.4 is 15.0 Å². The average molecular weight is 396 g/mol. The van der Waals surface area contributed by atoms with Crippen molar-refractivity contribution in [3.63, 3.8) is 0 Å². The summed E-state index contributed by atoms with van der Waals surface area (Å²) in [4.78, 5) is 24.7. The van der Waals surface area contributed by atoms with Crippen LogP contribution >= 0.6 is 0 Å². The maximum absolute atomic E-state index is 13.9. The summed E-state index contributed by atoms with van der Waals surface area (Å²) in [6, 6.07) is 5.06. The Bertz CT molecular complexity index is 1070. The van der Waals surface area contributed by atoms with Gasteiger partial charge in [-0.1, -0.05) is 0 Å². The van der Waals surface area contributed by atoms with Gasteiger partial charge in [0.15, 0.2) is 5.82 Å². The minimum Gasteiger partial charge on any atom is -0.495 e. The van der Waals surface area contributed by atoms with E-state index < -0.39 is 11.4 Å². The number of hydrogen-bond donors (Lipinski definition) is 0. The number of aryl methyl sites for hydroxylation is 2. The Kier molecular flexibility index (Phi) is 5.00. The molecule has 1 aliphatic carbocycles. The van der Waals surface area contributed by atoms with Gasteiger partial charge in [-0.15, -0.1) is 0 Å². The molecule has 3 heterocycles. The molecule has 1 saturated carbocycles. The molecule has 0 saturated heterocycles. The van der Waals surface area contributed by atoms with Crippen LogP contribution in [0.4, 0.5) is 4.39 Å².